The smallest absolute Gasteiger partial charge is 0.251 e. The maximum Gasteiger partial charge on any atom is 0.251 e. The monoisotopic (exact) mass is 410 g/mol. The maximum atomic E-state index is 14.2. The van der Waals surface area contributed by atoms with Crippen LogP contribution in [-0.4, -0.2) is 28.7 Å². The molecule has 2 atom stereocenters. The van der Waals surface area contributed by atoms with Gasteiger partial charge in [0.2, 0.25) is 5.91 Å². The Morgan fingerprint density at radius 2 is 2.03 bits per heavy atom. The summed E-state index contributed by atoms with van der Waals surface area (Å²) in [5.74, 6) is -0.942. The van der Waals surface area contributed by atoms with Gasteiger partial charge in [0.05, 0.1) is 18.6 Å². The van der Waals surface area contributed by atoms with Crippen LogP contribution in [0.3, 0.4) is 0 Å². The van der Waals surface area contributed by atoms with Gasteiger partial charge in [0, 0.05) is 12.0 Å². The first-order valence-electron chi connectivity index (χ1n) is 10.2. The Hall–Kier alpha value is -3.22. The average Bonchev–Trinajstić information content (AvgIpc) is 2.71. The van der Waals surface area contributed by atoms with Crippen LogP contribution < -0.4 is 11.1 Å². The van der Waals surface area contributed by atoms with Crippen molar-refractivity contribution in [2.45, 2.75) is 51.7 Å². The first-order valence-corrected chi connectivity index (χ1v) is 10.2. The summed E-state index contributed by atoms with van der Waals surface area (Å²) in [6, 6.07) is 13.2. The van der Waals surface area contributed by atoms with Gasteiger partial charge in [-0.15, -0.1) is 0 Å². The summed E-state index contributed by atoms with van der Waals surface area (Å²) in [5, 5.41) is 2.87. The Labute approximate surface area is 176 Å². The first-order chi connectivity index (χ1) is 14.4. The van der Waals surface area contributed by atoms with Crippen molar-refractivity contribution >= 4 is 17.8 Å². The number of nitrogens with one attached hydrogen (secondary N) is 1. The average molecular weight is 410 g/mol. The Balaban J connectivity index is 1.74. The molecule has 0 radical (unpaired) electrons. The summed E-state index contributed by atoms with van der Waals surface area (Å²) in [4.78, 5) is 30.9. The van der Waals surface area contributed by atoms with Gasteiger partial charge in [0.15, 0.2) is 5.96 Å². The Morgan fingerprint density at radius 3 is 2.70 bits per heavy atom. The minimum absolute atomic E-state index is 0.0687. The highest BCUT2D eigenvalue weighted by molar-refractivity contribution is 5.98. The molecular weight excluding hydrogens is 383 g/mol. The molecule has 158 valence electrons. The molecule has 30 heavy (non-hydrogen) atoms. The molecule has 1 aliphatic rings. The molecule has 3 N–H and O–H groups in total. The van der Waals surface area contributed by atoms with E-state index in [-0.39, 0.29) is 48.4 Å². The lowest BCUT2D eigenvalue weighted by atomic mass is 10.0. The van der Waals surface area contributed by atoms with Crippen molar-refractivity contribution < 1.29 is 14.0 Å². The van der Waals surface area contributed by atoms with Gasteiger partial charge < -0.3 is 11.1 Å². The Kier molecular flexibility index (Phi) is 6.82. The van der Waals surface area contributed by atoms with Gasteiger partial charge in [-0.2, -0.15) is 0 Å². The van der Waals surface area contributed by atoms with Crippen LogP contribution in [0.2, 0.25) is 0 Å². The molecule has 1 heterocycles. The van der Waals surface area contributed by atoms with E-state index in [1.807, 2.05) is 44.2 Å². The SMILES string of the molecule is CCCC1CC(=O)N(Cc2cc(F)cc(C(=O)NC(C)c3ccccc3)c2)C(N)=N1. The van der Waals surface area contributed by atoms with Crippen LogP contribution in [0.15, 0.2) is 53.5 Å². The quantitative estimate of drug-likeness (QED) is 0.732. The standard InChI is InChI=1S/C23H27FN4O2/c1-3-7-20-13-21(29)28(23(25)27-20)14-16-10-18(12-19(24)11-16)22(30)26-15(2)17-8-5-4-6-9-17/h4-6,8-12,15,20H,3,7,13-14H2,1-2H3,(H2,25,27)(H,26,30). The number of carbonyl (C=O) groups is 2. The van der Waals surface area contributed by atoms with Gasteiger partial charge in [-0.1, -0.05) is 43.7 Å². The molecule has 0 aromatic heterocycles. The van der Waals surface area contributed by atoms with E-state index in [0.29, 0.717) is 5.56 Å². The molecule has 3 rings (SSSR count). The van der Waals surface area contributed by atoms with Crippen molar-refractivity contribution in [3.63, 3.8) is 0 Å². The molecule has 0 saturated heterocycles. The van der Waals surface area contributed by atoms with E-state index >= 15 is 0 Å². The van der Waals surface area contributed by atoms with Crippen LogP contribution in [-0.2, 0) is 11.3 Å². The first kappa shape index (κ1) is 21.5. The molecule has 0 aliphatic carbocycles. The van der Waals surface area contributed by atoms with Crippen molar-refractivity contribution in [1.82, 2.24) is 10.2 Å². The fourth-order valence-electron chi connectivity index (χ4n) is 3.57. The number of amides is 2. The minimum atomic E-state index is -0.547. The number of rotatable bonds is 7. The van der Waals surface area contributed by atoms with E-state index in [1.54, 1.807) is 6.07 Å². The second-order valence-electron chi connectivity index (χ2n) is 7.57. The molecule has 7 heteroatoms. The van der Waals surface area contributed by atoms with E-state index in [2.05, 4.69) is 10.3 Å². The number of nitrogens with two attached hydrogens (primary N) is 1. The normalized spacial score (nSPS) is 17.4. The van der Waals surface area contributed by atoms with Crippen molar-refractivity contribution in [3.8, 4) is 0 Å². The summed E-state index contributed by atoms with van der Waals surface area (Å²) >= 11 is 0. The van der Waals surface area contributed by atoms with Crippen LogP contribution in [0.4, 0.5) is 4.39 Å². The lowest BCUT2D eigenvalue weighted by Gasteiger charge is -2.29. The van der Waals surface area contributed by atoms with E-state index in [4.69, 9.17) is 5.73 Å². The Morgan fingerprint density at radius 1 is 1.30 bits per heavy atom. The van der Waals surface area contributed by atoms with E-state index in [1.165, 1.54) is 17.0 Å². The summed E-state index contributed by atoms with van der Waals surface area (Å²) in [6.07, 6.45) is 1.99. The topological polar surface area (TPSA) is 87.8 Å². The van der Waals surface area contributed by atoms with Gasteiger partial charge in [0.1, 0.15) is 5.82 Å². The highest BCUT2D eigenvalue weighted by Gasteiger charge is 2.27. The molecule has 2 aromatic rings. The number of guanidine groups is 1. The molecule has 1 aliphatic heterocycles. The summed E-state index contributed by atoms with van der Waals surface area (Å²) in [6.45, 7) is 3.96. The largest absolute Gasteiger partial charge is 0.369 e. The van der Waals surface area contributed by atoms with E-state index < -0.39 is 5.82 Å². The van der Waals surface area contributed by atoms with Gasteiger partial charge in [-0.25, -0.2) is 9.38 Å². The van der Waals surface area contributed by atoms with Crippen molar-refractivity contribution in [1.29, 1.82) is 0 Å². The summed E-state index contributed by atoms with van der Waals surface area (Å²) in [7, 11) is 0. The summed E-state index contributed by atoms with van der Waals surface area (Å²) in [5.41, 5.74) is 7.61. The molecule has 2 aromatic carbocycles. The predicted octanol–water partition coefficient (Wildman–Crippen LogP) is 3.53. The van der Waals surface area contributed by atoms with Crippen molar-refractivity contribution in [2.75, 3.05) is 0 Å². The lowest BCUT2D eigenvalue weighted by molar-refractivity contribution is -0.128. The van der Waals surface area contributed by atoms with Gasteiger partial charge in [-0.05, 0) is 42.7 Å². The van der Waals surface area contributed by atoms with Crippen LogP contribution in [0.1, 0.15) is 60.6 Å². The number of hydrogen-bond donors (Lipinski definition) is 2. The predicted molar refractivity (Wildman–Crippen MR) is 114 cm³/mol. The Bertz CT molecular complexity index is 945. The molecule has 2 amide bonds. The lowest BCUT2D eigenvalue weighted by Crippen LogP contribution is -2.46. The van der Waals surface area contributed by atoms with Crippen LogP contribution in [0, 0.1) is 5.82 Å². The zero-order valence-corrected chi connectivity index (χ0v) is 17.3. The zero-order valence-electron chi connectivity index (χ0n) is 17.3. The number of halogens is 1. The zero-order chi connectivity index (χ0) is 21.7. The van der Waals surface area contributed by atoms with Crippen LogP contribution in [0.5, 0.6) is 0 Å². The van der Waals surface area contributed by atoms with E-state index in [9.17, 15) is 14.0 Å². The van der Waals surface area contributed by atoms with Crippen molar-refractivity contribution in [2.24, 2.45) is 10.7 Å². The maximum absolute atomic E-state index is 14.2. The molecule has 0 saturated carbocycles. The molecular formula is C23H27FN4O2. The van der Waals surface area contributed by atoms with Gasteiger partial charge in [0.25, 0.3) is 5.91 Å². The fraction of sp³-hybridized carbons (Fsp3) is 0.348. The second kappa shape index (κ2) is 9.52. The molecule has 0 bridgehead atoms. The van der Waals surface area contributed by atoms with Crippen LogP contribution in [0.25, 0.3) is 0 Å². The third-order valence-electron chi connectivity index (χ3n) is 5.13. The fourth-order valence-corrected chi connectivity index (χ4v) is 3.57. The van der Waals surface area contributed by atoms with E-state index in [0.717, 1.165) is 18.4 Å². The number of benzene rings is 2. The van der Waals surface area contributed by atoms with Crippen molar-refractivity contribution in [3.05, 3.63) is 71.0 Å². The highest BCUT2D eigenvalue weighted by Crippen LogP contribution is 2.19. The molecule has 6 nitrogen and oxygen atoms in total. The second-order valence-corrected chi connectivity index (χ2v) is 7.57. The molecule has 0 fully saturated rings. The third kappa shape index (κ3) is 5.23. The van der Waals surface area contributed by atoms with Gasteiger partial charge in [-0.3, -0.25) is 14.5 Å². The van der Waals surface area contributed by atoms with Gasteiger partial charge >= 0.3 is 0 Å². The highest BCUT2D eigenvalue weighted by atomic mass is 19.1. The minimum Gasteiger partial charge on any atom is -0.369 e. The number of nitrogens with zero attached hydrogens (tertiary/aromatic N) is 2. The number of hydrogen-bond acceptors (Lipinski definition) is 4. The summed E-state index contributed by atoms with van der Waals surface area (Å²) < 4.78 is 14.2. The number of aliphatic imine (C=N–C) groups is 1. The molecule has 2 unspecified atom stereocenters. The third-order valence-corrected chi connectivity index (χ3v) is 5.13. The van der Waals surface area contributed by atoms with Crippen LogP contribution >= 0.6 is 0 Å². The number of carbonyl (C=O) groups excluding carboxylic acids is 2. The molecule has 0 spiro atoms.